The fourth-order valence-electron chi connectivity index (χ4n) is 3.38. The standard InChI is InChI=1S/C24H24N2O7/c1-32-24(31)16-10-12-17(13-11-16)25-20(27)15-33-21(28)9-3-2-6-14-26-22(29)18-7-4-5-8-19(18)23(26)30/h4-5,7-8,10-13H,2-3,6,9,14-15H2,1H3,(H,25,27). The molecule has 0 aliphatic carbocycles. The Labute approximate surface area is 190 Å². The second kappa shape index (κ2) is 11.0. The quantitative estimate of drug-likeness (QED) is 0.334. The molecule has 2 aromatic carbocycles. The van der Waals surface area contributed by atoms with Gasteiger partial charge in [0, 0.05) is 18.7 Å². The monoisotopic (exact) mass is 452 g/mol. The summed E-state index contributed by atoms with van der Waals surface area (Å²) in [5.41, 5.74) is 1.65. The van der Waals surface area contributed by atoms with Crippen molar-refractivity contribution >= 4 is 35.3 Å². The lowest BCUT2D eigenvalue weighted by molar-refractivity contribution is -0.147. The molecule has 0 saturated carbocycles. The van der Waals surface area contributed by atoms with E-state index in [1.165, 1.54) is 24.1 Å². The van der Waals surface area contributed by atoms with Crippen molar-refractivity contribution in [1.29, 1.82) is 0 Å². The van der Waals surface area contributed by atoms with Gasteiger partial charge >= 0.3 is 11.9 Å². The Bertz CT molecular complexity index is 1030. The van der Waals surface area contributed by atoms with Crippen LogP contribution in [-0.2, 0) is 19.1 Å². The zero-order valence-corrected chi connectivity index (χ0v) is 18.2. The van der Waals surface area contributed by atoms with Crippen LogP contribution in [0.25, 0.3) is 0 Å². The third-order valence-electron chi connectivity index (χ3n) is 5.09. The molecular formula is C24H24N2O7. The number of carbonyl (C=O) groups excluding carboxylic acids is 5. The Balaban J connectivity index is 1.30. The molecule has 0 bridgehead atoms. The maximum Gasteiger partial charge on any atom is 0.337 e. The van der Waals surface area contributed by atoms with Crippen LogP contribution in [0.1, 0.15) is 56.8 Å². The first-order chi connectivity index (χ1) is 15.9. The van der Waals surface area contributed by atoms with Gasteiger partial charge in [0.15, 0.2) is 6.61 Å². The highest BCUT2D eigenvalue weighted by atomic mass is 16.5. The first-order valence-corrected chi connectivity index (χ1v) is 10.5. The van der Waals surface area contributed by atoms with Gasteiger partial charge in [0.25, 0.3) is 17.7 Å². The summed E-state index contributed by atoms with van der Waals surface area (Å²) in [5.74, 6) is -2.07. The fraction of sp³-hybridized carbons (Fsp3) is 0.292. The van der Waals surface area contributed by atoms with E-state index in [2.05, 4.69) is 10.1 Å². The van der Waals surface area contributed by atoms with E-state index >= 15 is 0 Å². The summed E-state index contributed by atoms with van der Waals surface area (Å²) >= 11 is 0. The molecule has 2 aromatic rings. The highest BCUT2D eigenvalue weighted by Gasteiger charge is 2.34. The van der Waals surface area contributed by atoms with Gasteiger partial charge < -0.3 is 14.8 Å². The summed E-state index contributed by atoms with van der Waals surface area (Å²) < 4.78 is 9.57. The van der Waals surface area contributed by atoms with Gasteiger partial charge in [-0.15, -0.1) is 0 Å². The Hall–Kier alpha value is -4.01. The molecule has 9 nitrogen and oxygen atoms in total. The van der Waals surface area contributed by atoms with Gasteiger partial charge in [-0.1, -0.05) is 18.6 Å². The van der Waals surface area contributed by atoms with Crippen molar-refractivity contribution in [3.05, 3.63) is 65.2 Å². The molecule has 172 valence electrons. The zero-order valence-electron chi connectivity index (χ0n) is 18.2. The van der Waals surface area contributed by atoms with Crippen LogP contribution in [0.3, 0.4) is 0 Å². The number of methoxy groups -OCH3 is 1. The van der Waals surface area contributed by atoms with E-state index in [-0.39, 0.29) is 18.2 Å². The van der Waals surface area contributed by atoms with Crippen LogP contribution in [-0.4, -0.2) is 54.8 Å². The van der Waals surface area contributed by atoms with Crippen molar-refractivity contribution in [1.82, 2.24) is 4.90 Å². The van der Waals surface area contributed by atoms with Crippen LogP contribution >= 0.6 is 0 Å². The number of carbonyl (C=O) groups is 5. The summed E-state index contributed by atoms with van der Waals surface area (Å²) in [7, 11) is 1.28. The number of ether oxygens (including phenoxy) is 2. The summed E-state index contributed by atoms with van der Waals surface area (Å²) in [4.78, 5) is 61.0. The molecule has 3 amide bonds. The second-order valence-electron chi connectivity index (χ2n) is 7.40. The number of unbranched alkanes of at least 4 members (excludes halogenated alkanes) is 2. The predicted molar refractivity (Wildman–Crippen MR) is 118 cm³/mol. The molecule has 0 atom stereocenters. The van der Waals surface area contributed by atoms with Crippen molar-refractivity contribution in [2.75, 3.05) is 25.6 Å². The van der Waals surface area contributed by atoms with Gasteiger partial charge in [0.2, 0.25) is 0 Å². The number of amides is 3. The highest BCUT2D eigenvalue weighted by molar-refractivity contribution is 6.21. The first-order valence-electron chi connectivity index (χ1n) is 10.5. The van der Waals surface area contributed by atoms with Crippen molar-refractivity contribution in [2.45, 2.75) is 25.7 Å². The van der Waals surface area contributed by atoms with Gasteiger partial charge in [0.1, 0.15) is 0 Å². The Morgan fingerprint density at radius 3 is 2.12 bits per heavy atom. The molecule has 3 rings (SSSR count). The second-order valence-corrected chi connectivity index (χ2v) is 7.40. The minimum Gasteiger partial charge on any atom is -0.465 e. The third kappa shape index (κ3) is 6.03. The first kappa shape index (κ1) is 23.6. The number of fused-ring (bicyclic) bond motifs is 1. The molecule has 0 spiro atoms. The van der Waals surface area contributed by atoms with E-state index in [4.69, 9.17) is 4.74 Å². The van der Waals surface area contributed by atoms with Crippen molar-refractivity contribution in [2.24, 2.45) is 0 Å². The molecule has 1 heterocycles. The van der Waals surface area contributed by atoms with Gasteiger partial charge in [-0.2, -0.15) is 0 Å². The molecule has 1 aliphatic heterocycles. The van der Waals surface area contributed by atoms with Crippen LogP contribution in [0.15, 0.2) is 48.5 Å². The average Bonchev–Trinajstić information content (AvgIpc) is 3.07. The third-order valence-corrected chi connectivity index (χ3v) is 5.09. The highest BCUT2D eigenvalue weighted by Crippen LogP contribution is 2.22. The van der Waals surface area contributed by atoms with Crippen LogP contribution < -0.4 is 5.32 Å². The van der Waals surface area contributed by atoms with Crippen LogP contribution in [0.5, 0.6) is 0 Å². The molecule has 1 N–H and O–H groups in total. The molecule has 0 radical (unpaired) electrons. The smallest absolute Gasteiger partial charge is 0.337 e. The molecular weight excluding hydrogens is 428 g/mol. The number of nitrogens with zero attached hydrogens (tertiary/aromatic N) is 1. The summed E-state index contributed by atoms with van der Waals surface area (Å²) in [5, 5.41) is 2.57. The normalized spacial score (nSPS) is 12.3. The molecule has 0 unspecified atom stereocenters. The maximum atomic E-state index is 12.3. The molecule has 0 saturated heterocycles. The number of hydrogen-bond donors (Lipinski definition) is 1. The fourth-order valence-corrected chi connectivity index (χ4v) is 3.38. The van der Waals surface area contributed by atoms with Gasteiger partial charge in [0.05, 0.1) is 23.8 Å². The molecule has 1 aliphatic rings. The average molecular weight is 452 g/mol. The van der Waals surface area contributed by atoms with Crippen LogP contribution in [0.4, 0.5) is 5.69 Å². The van der Waals surface area contributed by atoms with E-state index in [9.17, 15) is 24.0 Å². The Morgan fingerprint density at radius 2 is 1.52 bits per heavy atom. The summed E-state index contributed by atoms with van der Waals surface area (Å²) in [6.07, 6.45) is 1.84. The number of hydrogen-bond acceptors (Lipinski definition) is 7. The topological polar surface area (TPSA) is 119 Å². The van der Waals surface area contributed by atoms with Gasteiger partial charge in [-0.3, -0.25) is 24.1 Å². The number of benzene rings is 2. The summed E-state index contributed by atoms with van der Waals surface area (Å²) in [6.45, 7) is -0.134. The van der Waals surface area contributed by atoms with Gasteiger partial charge in [-0.05, 0) is 49.2 Å². The Morgan fingerprint density at radius 1 is 0.879 bits per heavy atom. The molecule has 0 aromatic heterocycles. The SMILES string of the molecule is COC(=O)c1ccc(NC(=O)COC(=O)CCCCCN2C(=O)c3ccccc3C2=O)cc1. The minimum absolute atomic E-state index is 0.128. The van der Waals surface area contributed by atoms with E-state index < -0.39 is 24.5 Å². The molecule has 9 heteroatoms. The van der Waals surface area contributed by atoms with Crippen molar-refractivity contribution in [3.8, 4) is 0 Å². The zero-order chi connectivity index (χ0) is 23.8. The lowest BCUT2D eigenvalue weighted by atomic mass is 10.1. The largest absolute Gasteiger partial charge is 0.465 e. The number of nitrogens with one attached hydrogen (secondary N) is 1. The summed E-state index contributed by atoms with van der Waals surface area (Å²) in [6, 6.07) is 12.8. The van der Waals surface area contributed by atoms with E-state index in [1.54, 1.807) is 36.4 Å². The van der Waals surface area contributed by atoms with E-state index in [0.717, 1.165) is 0 Å². The predicted octanol–water partition coefficient (Wildman–Crippen LogP) is 2.81. The van der Waals surface area contributed by atoms with E-state index in [0.29, 0.717) is 48.2 Å². The van der Waals surface area contributed by atoms with Crippen LogP contribution in [0.2, 0.25) is 0 Å². The minimum atomic E-state index is -0.507. The lowest BCUT2D eigenvalue weighted by Gasteiger charge is -2.13. The van der Waals surface area contributed by atoms with E-state index in [1.807, 2.05) is 0 Å². The van der Waals surface area contributed by atoms with Crippen LogP contribution in [0, 0.1) is 0 Å². The van der Waals surface area contributed by atoms with Crippen molar-refractivity contribution < 1.29 is 33.4 Å². The lowest BCUT2D eigenvalue weighted by Crippen LogP contribution is -2.30. The molecule has 0 fully saturated rings. The molecule has 33 heavy (non-hydrogen) atoms. The van der Waals surface area contributed by atoms with Gasteiger partial charge in [-0.25, -0.2) is 4.79 Å². The number of anilines is 1. The number of esters is 2. The number of imide groups is 1. The Kier molecular flexibility index (Phi) is 7.91. The maximum absolute atomic E-state index is 12.3. The number of rotatable bonds is 10. The van der Waals surface area contributed by atoms with Crippen molar-refractivity contribution in [3.63, 3.8) is 0 Å².